The Morgan fingerprint density at radius 1 is 1.44 bits per heavy atom. The first-order chi connectivity index (χ1) is 7.75. The van der Waals surface area contributed by atoms with Crippen LogP contribution in [0.1, 0.15) is 24.9 Å². The lowest BCUT2D eigenvalue weighted by Gasteiger charge is -2.17. The molecule has 1 aromatic rings. The fourth-order valence-electron chi connectivity index (χ4n) is 1.96. The van der Waals surface area contributed by atoms with Crippen LogP contribution >= 0.6 is 11.8 Å². The third-order valence-electron chi connectivity index (χ3n) is 3.11. The smallest absolute Gasteiger partial charge is 0.123 e. The second kappa shape index (κ2) is 5.69. The molecular weight excluding hydrogens is 221 g/mol. The van der Waals surface area contributed by atoms with Gasteiger partial charge in [0.15, 0.2) is 0 Å². The third kappa shape index (κ3) is 3.22. The van der Waals surface area contributed by atoms with Crippen molar-refractivity contribution in [2.75, 3.05) is 18.1 Å². The van der Waals surface area contributed by atoms with Crippen LogP contribution < -0.4 is 5.32 Å². The summed E-state index contributed by atoms with van der Waals surface area (Å²) in [6, 6.07) is 7.08. The fourth-order valence-corrected chi connectivity index (χ4v) is 3.24. The quantitative estimate of drug-likeness (QED) is 0.865. The van der Waals surface area contributed by atoms with Gasteiger partial charge in [-0.15, -0.1) is 0 Å². The van der Waals surface area contributed by atoms with Gasteiger partial charge in [0.25, 0.3) is 0 Å². The lowest BCUT2D eigenvalue weighted by Crippen LogP contribution is -2.25. The van der Waals surface area contributed by atoms with Crippen molar-refractivity contribution in [1.82, 2.24) is 5.32 Å². The van der Waals surface area contributed by atoms with Crippen molar-refractivity contribution in [3.63, 3.8) is 0 Å². The molecule has 1 fully saturated rings. The van der Waals surface area contributed by atoms with E-state index < -0.39 is 0 Å². The number of hydrogen-bond acceptors (Lipinski definition) is 2. The Hall–Kier alpha value is -0.540. The summed E-state index contributed by atoms with van der Waals surface area (Å²) >= 11 is 2.04. The van der Waals surface area contributed by atoms with Crippen LogP contribution in [0.15, 0.2) is 24.3 Å². The molecule has 16 heavy (non-hydrogen) atoms. The molecule has 0 aliphatic carbocycles. The summed E-state index contributed by atoms with van der Waals surface area (Å²) in [5.74, 6) is 3.23. The highest BCUT2D eigenvalue weighted by Crippen LogP contribution is 2.23. The van der Waals surface area contributed by atoms with Crippen LogP contribution in [0.25, 0.3) is 0 Å². The number of benzene rings is 1. The minimum atomic E-state index is -0.164. The molecule has 1 aliphatic rings. The van der Waals surface area contributed by atoms with E-state index in [0.717, 1.165) is 18.0 Å². The van der Waals surface area contributed by atoms with Gasteiger partial charge in [0.1, 0.15) is 5.82 Å². The van der Waals surface area contributed by atoms with E-state index in [-0.39, 0.29) is 5.82 Å². The first kappa shape index (κ1) is 11.9. The van der Waals surface area contributed by atoms with Crippen LogP contribution in [-0.2, 0) is 0 Å². The molecule has 1 unspecified atom stereocenters. The number of hydrogen-bond donors (Lipinski definition) is 1. The highest BCUT2D eigenvalue weighted by Gasteiger charge is 2.16. The van der Waals surface area contributed by atoms with Crippen LogP contribution in [0.3, 0.4) is 0 Å². The van der Waals surface area contributed by atoms with Crippen molar-refractivity contribution in [2.45, 2.75) is 19.4 Å². The Morgan fingerprint density at radius 3 is 2.81 bits per heavy atom. The molecule has 0 spiro atoms. The van der Waals surface area contributed by atoms with E-state index in [1.807, 2.05) is 23.9 Å². The Kier molecular flexibility index (Phi) is 4.24. The summed E-state index contributed by atoms with van der Waals surface area (Å²) in [6.45, 7) is 3.21. The molecule has 1 N–H and O–H groups in total. The summed E-state index contributed by atoms with van der Waals surface area (Å²) in [5, 5.41) is 3.52. The SMILES string of the molecule is C[C@@H](NCC1CCSC1)c1ccc(F)cc1. The minimum absolute atomic E-state index is 0.164. The first-order valence-electron chi connectivity index (χ1n) is 5.82. The number of halogens is 1. The maximum absolute atomic E-state index is 12.8. The highest BCUT2D eigenvalue weighted by atomic mass is 32.2. The first-order valence-corrected chi connectivity index (χ1v) is 6.98. The molecule has 1 aromatic carbocycles. The van der Waals surface area contributed by atoms with Crippen LogP contribution in [0.4, 0.5) is 4.39 Å². The predicted octanol–water partition coefficient (Wildman–Crippen LogP) is 3.23. The van der Waals surface area contributed by atoms with Crippen molar-refractivity contribution in [1.29, 1.82) is 0 Å². The molecular formula is C13H18FNS. The minimum Gasteiger partial charge on any atom is -0.310 e. The van der Waals surface area contributed by atoms with Crippen molar-refractivity contribution < 1.29 is 4.39 Å². The maximum atomic E-state index is 12.8. The van der Waals surface area contributed by atoms with Crippen molar-refractivity contribution in [3.8, 4) is 0 Å². The van der Waals surface area contributed by atoms with E-state index in [0.29, 0.717) is 6.04 Å². The number of nitrogens with one attached hydrogen (secondary N) is 1. The van der Waals surface area contributed by atoms with Gasteiger partial charge in [-0.25, -0.2) is 4.39 Å². The molecule has 0 saturated carbocycles. The average Bonchev–Trinajstić information content (AvgIpc) is 2.80. The van der Waals surface area contributed by atoms with Gasteiger partial charge in [-0.1, -0.05) is 12.1 Å². The molecule has 88 valence electrons. The third-order valence-corrected chi connectivity index (χ3v) is 4.34. The number of rotatable bonds is 4. The zero-order chi connectivity index (χ0) is 11.4. The predicted molar refractivity (Wildman–Crippen MR) is 68.2 cm³/mol. The van der Waals surface area contributed by atoms with Crippen molar-refractivity contribution in [3.05, 3.63) is 35.6 Å². The molecule has 1 nitrogen and oxygen atoms in total. The molecule has 0 aromatic heterocycles. The second-order valence-electron chi connectivity index (χ2n) is 4.41. The van der Waals surface area contributed by atoms with Gasteiger partial charge in [0, 0.05) is 6.04 Å². The zero-order valence-electron chi connectivity index (χ0n) is 9.58. The van der Waals surface area contributed by atoms with Crippen molar-refractivity contribution in [2.24, 2.45) is 5.92 Å². The summed E-state index contributed by atoms with van der Waals surface area (Å²) < 4.78 is 12.8. The Labute approximate surface area is 101 Å². The van der Waals surface area contributed by atoms with E-state index in [4.69, 9.17) is 0 Å². The van der Waals surface area contributed by atoms with E-state index in [1.54, 1.807) is 0 Å². The van der Waals surface area contributed by atoms with Crippen LogP contribution in [-0.4, -0.2) is 18.1 Å². The van der Waals surface area contributed by atoms with Gasteiger partial charge in [-0.05, 0) is 55.0 Å². The zero-order valence-corrected chi connectivity index (χ0v) is 10.4. The van der Waals surface area contributed by atoms with Gasteiger partial charge < -0.3 is 5.32 Å². The second-order valence-corrected chi connectivity index (χ2v) is 5.56. The molecule has 2 rings (SSSR count). The molecule has 1 aliphatic heterocycles. The van der Waals surface area contributed by atoms with Gasteiger partial charge >= 0.3 is 0 Å². The van der Waals surface area contributed by atoms with E-state index in [2.05, 4.69) is 12.2 Å². The summed E-state index contributed by atoms with van der Waals surface area (Å²) in [5.41, 5.74) is 1.16. The molecule has 1 saturated heterocycles. The molecule has 1 heterocycles. The topological polar surface area (TPSA) is 12.0 Å². The summed E-state index contributed by atoms with van der Waals surface area (Å²) in [6.07, 6.45) is 1.33. The molecule has 0 amide bonds. The van der Waals surface area contributed by atoms with Crippen LogP contribution in [0.5, 0.6) is 0 Å². The van der Waals surface area contributed by atoms with Crippen LogP contribution in [0, 0.1) is 11.7 Å². The lowest BCUT2D eigenvalue weighted by molar-refractivity contribution is 0.477. The van der Waals surface area contributed by atoms with E-state index in [1.165, 1.54) is 30.1 Å². The highest BCUT2D eigenvalue weighted by molar-refractivity contribution is 7.99. The van der Waals surface area contributed by atoms with Gasteiger partial charge in [-0.3, -0.25) is 0 Å². The molecule has 0 bridgehead atoms. The summed E-state index contributed by atoms with van der Waals surface area (Å²) in [7, 11) is 0. The Bertz CT molecular complexity index is 319. The van der Waals surface area contributed by atoms with Gasteiger partial charge in [0.2, 0.25) is 0 Å². The van der Waals surface area contributed by atoms with Gasteiger partial charge in [0.05, 0.1) is 0 Å². The number of thioether (sulfide) groups is 1. The Morgan fingerprint density at radius 2 is 2.19 bits per heavy atom. The monoisotopic (exact) mass is 239 g/mol. The normalized spacial score (nSPS) is 22.2. The van der Waals surface area contributed by atoms with Crippen LogP contribution in [0.2, 0.25) is 0 Å². The van der Waals surface area contributed by atoms with Gasteiger partial charge in [-0.2, -0.15) is 11.8 Å². The Balaban J connectivity index is 1.82. The van der Waals surface area contributed by atoms with E-state index >= 15 is 0 Å². The summed E-state index contributed by atoms with van der Waals surface area (Å²) in [4.78, 5) is 0. The molecule has 2 atom stereocenters. The molecule has 0 radical (unpaired) electrons. The average molecular weight is 239 g/mol. The maximum Gasteiger partial charge on any atom is 0.123 e. The fraction of sp³-hybridized carbons (Fsp3) is 0.538. The largest absolute Gasteiger partial charge is 0.310 e. The molecule has 3 heteroatoms. The standard InChI is InChI=1S/C13H18FNS/c1-10(12-2-4-13(14)5-3-12)15-8-11-6-7-16-9-11/h2-5,10-11,15H,6-9H2,1H3/t10-,11?/m1/s1. The van der Waals surface area contributed by atoms with E-state index in [9.17, 15) is 4.39 Å². The lowest BCUT2D eigenvalue weighted by atomic mass is 10.1. The van der Waals surface area contributed by atoms with Crippen molar-refractivity contribution >= 4 is 11.8 Å².